The molecule has 0 atom stereocenters. The molecule has 8 nitrogen and oxygen atoms in total. The number of hydrogen-bond donors (Lipinski definition) is 2. The van der Waals surface area contributed by atoms with Crippen molar-refractivity contribution in [2.75, 3.05) is 5.32 Å². The van der Waals surface area contributed by atoms with Crippen molar-refractivity contribution >= 4 is 45.1 Å². The van der Waals surface area contributed by atoms with Crippen LogP contribution in [0.3, 0.4) is 0 Å². The largest absolute Gasteiger partial charge is 0.364 e. The van der Waals surface area contributed by atoms with Crippen LogP contribution in [0.2, 0.25) is 0 Å². The van der Waals surface area contributed by atoms with Crippen molar-refractivity contribution in [1.29, 1.82) is 0 Å². The van der Waals surface area contributed by atoms with Crippen LogP contribution >= 0.6 is 0 Å². The molecule has 4 aromatic carbocycles. The lowest BCUT2D eigenvalue weighted by Gasteiger charge is -2.15. The van der Waals surface area contributed by atoms with Gasteiger partial charge in [0.25, 0.3) is 0 Å². The van der Waals surface area contributed by atoms with E-state index in [0.717, 1.165) is 78.6 Å². The van der Waals surface area contributed by atoms with Gasteiger partial charge in [-0.05, 0) is 67.6 Å². The quantitative estimate of drug-likeness (QED) is 0.174. The minimum Gasteiger partial charge on any atom is -0.364 e. The van der Waals surface area contributed by atoms with Crippen molar-refractivity contribution in [3.8, 4) is 22.5 Å². The second kappa shape index (κ2) is 13.4. The Morgan fingerprint density at radius 2 is 1.24 bits per heavy atom. The maximum Gasteiger partial charge on any atom is 0.182 e. The molecular formula is C41H35N7O. The molecule has 240 valence electrons. The number of rotatable bonds is 6. The number of carbonyl (C=O) groups is 1. The van der Waals surface area contributed by atoms with Gasteiger partial charge in [0.15, 0.2) is 17.8 Å². The lowest BCUT2D eigenvalue weighted by atomic mass is 9.98. The zero-order valence-corrected chi connectivity index (χ0v) is 27.8. The Morgan fingerprint density at radius 1 is 0.653 bits per heavy atom. The standard InChI is InChI=1S/C23H20N6.C18H15NO/c1-14-6-3-4-9-18(14)20-17(10-16-8-5-7-15(2)19(16)29-20)11-24-22-21-23(26-12-25-21)28-13-27-22;1-12-6-3-4-9-16(12)18-15(11-20)10-14-8-5-7-13(2)17(14)19-18/h3-10,12-13H,11H2,1-2H3,(H2,24,25,26,27,28);3-11H,1-2H3. The van der Waals surface area contributed by atoms with E-state index in [1.165, 1.54) is 17.5 Å². The third kappa shape index (κ3) is 6.24. The average molecular weight is 642 g/mol. The first-order valence-corrected chi connectivity index (χ1v) is 16.2. The molecule has 8 aromatic rings. The number of aryl methyl sites for hydroxylation is 4. The highest BCUT2D eigenvalue weighted by Gasteiger charge is 2.14. The van der Waals surface area contributed by atoms with Gasteiger partial charge >= 0.3 is 0 Å². The van der Waals surface area contributed by atoms with E-state index in [4.69, 9.17) is 9.97 Å². The molecule has 8 heteroatoms. The number of imidazole rings is 1. The highest BCUT2D eigenvalue weighted by atomic mass is 16.1. The number of aromatic nitrogens is 6. The van der Waals surface area contributed by atoms with Gasteiger partial charge in [0.1, 0.15) is 11.8 Å². The third-order valence-electron chi connectivity index (χ3n) is 8.80. The van der Waals surface area contributed by atoms with Crippen LogP contribution in [0.1, 0.15) is 38.2 Å². The molecule has 0 radical (unpaired) electrons. The normalized spacial score (nSPS) is 11.0. The van der Waals surface area contributed by atoms with Crippen molar-refractivity contribution in [3.63, 3.8) is 0 Å². The van der Waals surface area contributed by atoms with Gasteiger partial charge < -0.3 is 10.3 Å². The third-order valence-corrected chi connectivity index (χ3v) is 8.80. The molecule has 0 saturated heterocycles. The first-order valence-electron chi connectivity index (χ1n) is 16.2. The van der Waals surface area contributed by atoms with Gasteiger partial charge in [-0.1, -0.05) is 84.9 Å². The second-order valence-corrected chi connectivity index (χ2v) is 12.1. The fourth-order valence-corrected chi connectivity index (χ4v) is 6.18. The fraction of sp³-hybridized carbons (Fsp3) is 0.122. The van der Waals surface area contributed by atoms with Gasteiger partial charge in [0.2, 0.25) is 0 Å². The molecular weight excluding hydrogens is 606 g/mol. The minimum atomic E-state index is 0.589. The first kappa shape index (κ1) is 31.3. The van der Waals surface area contributed by atoms with Gasteiger partial charge in [0.05, 0.1) is 28.7 Å². The summed E-state index contributed by atoms with van der Waals surface area (Å²) in [4.78, 5) is 37.1. The van der Waals surface area contributed by atoms with Gasteiger partial charge in [-0.2, -0.15) is 0 Å². The molecule has 0 aliphatic carbocycles. The monoisotopic (exact) mass is 641 g/mol. The predicted molar refractivity (Wildman–Crippen MR) is 198 cm³/mol. The van der Waals surface area contributed by atoms with E-state index in [0.29, 0.717) is 17.8 Å². The molecule has 0 amide bonds. The average Bonchev–Trinajstić information content (AvgIpc) is 3.61. The molecule has 0 bridgehead atoms. The number of aldehydes is 1. The molecule has 4 heterocycles. The Balaban J connectivity index is 0.000000166. The maximum atomic E-state index is 11.4. The van der Waals surface area contributed by atoms with Crippen LogP contribution in [0, 0.1) is 27.7 Å². The number of carbonyl (C=O) groups excluding carboxylic acids is 1. The van der Waals surface area contributed by atoms with Crippen molar-refractivity contribution in [2.45, 2.75) is 34.2 Å². The number of pyridine rings is 2. The summed E-state index contributed by atoms with van der Waals surface area (Å²) in [5.74, 6) is 0.729. The van der Waals surface area contributed by atoms with E-state index in [1.807, 2.05) is 62.4 Å². The zero-order chi connectivity index (χ0) is 33.9. The molecule has 0 fully saturated rings. The Kier molecular flexibility index (Phi) is 8.60. The fourth-order valence-electron chi connectivity index (χ4n) is 6.18. The molecule has 0 aliphatic heterocycles. The summed E-state index contributed by atoms with van der Waals surface area (Å²) < 4.78 is 0. The van der Waals surface area contributed by atoms with Crippen LogP contribution in [-0.2, 0) is 6.54 Å². The summed E-state index contributed by atoms with van der Waals surface area (Å²) >= 11 is 0. The van der Waals surface area contributed by atoms with E-state index in [1.54, 1.807) is 6.33 Å². The molecule has 8 rings (SSSR count). The first-order chi connectivity index (χ1) is 23.9. The van der Waals surface area contributed by atoms with Crippen molar-refractivity contribution < 1.29 is 4.79 Å². The Labute approximate surface area is 284 Å². The maximum absolute atomic E-state index is 11.4. The summed E-state index contributed by atoms with van der Waals surface area (Å²) in [6.07, 6.45) is 4.04. The van der Waals surface area contributed by atoms with Crippen LogP contribution in [0.25, 0.3) is 55.5 Å². The molecule has 0 spiro atoms. The summed E-state index contributed by atoms with van der Waals surface area (Å²) in [6.45, 7) is 8.89. The zero-order valence-electron chi connectivity index (χ0n) is 27.8. The van der Waals surface area contributed by atoms with E-state index >= 15 is 0 Å². The summed E-state index contributed by atoms with van der Waals surface area (Å²) in [6, 6.07) is 32.8. The van der Waals surface area contributed by atoms with Gasteiger partial charge in [-0.25, -0.2) is 24.9 Å². The smallest absolute Gasteiger partial charge is 0.182 e. The number of anilines is 1. The predicted octanol–water partition coefficient (Wildman–Crippen LogP) is 9.13. The van der Waals surface area contributed by atoms with E-state index in [2.05, 4.69) is 87.6 Å². The summed E-state index contributed by atoms with van der Waals surface area (Å²) in [5, 5.41) is 5.57. The molecule has 49 heavy (non-hydrogen) atoms. The number of aromatic amines is 1. The lowest BCUT2D eigenvalue weighted by Crippen LogP contribution is -2.06. The SMILES string of the molecule is Cc1ccccc1-c1nc2c(C)cccc2cc1C=O.Cc1ccccc1-c1nc2c(C)cccc2cc1CNc1ncnc2nc[nH]c12. The number of para-hydroxylation sites is 2. The summed E-state index contributed by atoms with van der Waals surface area (Å²) in [7, 11) is 0. The number of nitrogens with zero attached hydrogens (tertiary/aromatic N) is 5. The summed E-state index contributed by atoms with van der Waals surface area (Å²) in [5.41, 5.74) is 13.7. The van der Waals surface area contributed by atoms with Crippen LogP contribution in [-0.4, -0.2) is 36.2 Å². The Hall–Kier alpha value is -6.28. The van der Waals surface area contributed by atoms with Gasteiger partial charge in [-0.3, -0.25) is 4.79 Å². The van der Waals surface area contributed by atoms with E-state index < -0.39 is 0 Å². The van der Waals surface area contributed by atoms with Crippen LogP contribution in [0.5, 0.6) is 0 Å². The van der Waals surface area contributed by atoms with Crippen molar-refractivity contribution in [2.24, 2.45) is 0 Å². The van der Waals surface area contributed by atoms with Crippen LogP contribution in [0.4, 0.5) is 5.82 Å². The van der Waals surface area contributed by atoms with Gasteiger partial charge in [-0.15, -0.1) is 0 Å². The highest BCUT2D eigenvalue weighted by molar-refractivity contribution is 5.95. The molecule has 2 N–H and O–H groups in total. The van der Waals surface area contributed by atoms with Crippen molar-refractivity contribution in [3.05, 3.63) is 143 Å². The highest BCUT2D eigenvalue weighted by Crippen LogP contribution is 2.31. The second-order valence-electron chi connectivity index (χ2n) is 12.1. The number of hydrogen-bond acceptors (Lipinski definition) is 7. The molecule has 4 aromatic heterocycles. The number of benzene rings is 4. The molecule has 0 aliphatic rings. The number of fused-ring (bicyclic) bond motifs is 3. The molecule has 0 unspecified atom stereocenters. The van der Waals surface area contributed by atoms with Gasteiger partial charge in [0, 0.05) is 34.0 Å². The minimum absolute atomic E-state index is 0.589. The topological polar surface area (TPSA) is 109 Å². The van der Waals surface area contributed by atoms with E-state index in [-0.39, 0.29) is 0 Å². The molecule has 0 saturated carbocycles. The lowest BCUT2D eigenvalue weighted by molar-refractivity contribution is 0.112. The Bertz CT molecular complexity index is 2480. The van der Waals surface area contributed by atoms with Crippen LogP contribution < -0.4 is 5.32 Å². The van der Waals surface area contributed by atoms with Crippen molar-refractivity contribution in [1.82, 2.24) is 29.9 Å². The number of nitrogens with one attached hydrogen (secondary N) is 2. The number of H-pyrrole nitrogens is 1. The van der Waals surface area contributed by atoms with Crippen LogP contribution in [0.15, 0.2) is 110 Å². The Morgan fingerprint density at radius 3 is 1.90 bits per heavy atom. The van der Waals surface area contributed by atoms with E-state index in [9.17, 15) is 4.79 Å².